The average Bonchev–Trinajstić information content (AvgIpc) is 3.09. The van der Waals surface area contributed by atoms with Crippen molar-refractivity contribution in [2.24, 2.45) is 0 Å². The molecule has 4 rings (SSSR count). The Morgan fingerprint density at radius 3 is 2.07 bits per heavy atom. The summed E-state index contributed by atoms with van der Waals surface area (Å²) in [5, 5.41) is 1.64. The molecule has 1 aliphatic heterocycles. The van der Waals surface area contributed by atoms with Crippen molar-refractivity contribution >= 4 is 34.8 Å². The Balaban J connectivity index is 1.72. The lowest BCUT2D eigenvalue weighted by Gasteiger charge is -2.32. The SMILES string of the molecule is Cc1ccccc1CN1CCN(Cc2c(F)cccc2Cl)C1c1c(Cl)cccc1Cl. The second kappa shape index (κ2) is 9.25. The minimum Gasteiger partial charge on any atom is -0.278 e. The van der Waals surface area contributed by atoms with Gasteiger partial charge in [0.1, 0.15) is 5.82 Å². The molecule has 0 radical (unpaired) electrons. The molecule has 0 N–H and O–H groups in total. The van der Waals surface area contributed by atoms with E-state index in [2.05, 4.69) is 28.9 Å². The van der Waals surface area contributed by atoms with E-state index in [0.717, 1.165) is 25.2 Å². The van der Waals surface area contributed by atoms with E-state index in [0.29, 0.717) is 27.2 Å². The molecule has 30 heavy (non-hydrogen) atoms. The highest BCUT2D eigenvalue weighted by Gasteiger charge is 2.36. The lowest BCUT2D eigenvalue weighted by atomic mass is 10.1. The summed E-state index contributed by atoms with van der Waals surface area (Å²) < 4.78 is 14.5. The highest BCUT2D eigenvalue weighted by Crippen LogP contribution is 2.40. The first-order chi connectivity index (χ1) is 14.5. The van der Waals surface area contributed by atoms with Gasteiger partial charge in [0.2, 0.25) is 0 Å². The van der Waals surface area contributed by atoms with E-state index < -0.39 is 0 Å². The van der Waals surface area contributed by atoms with Crippen LogP contribution in [0.4, 0.5) is 4.39 Å². The van der Waals surface area contributed by atoms with Crippen LogP contribution in [0, 0.1) is 12.7 Å². The molecule has 1 unspecified atom stereocenters. The summed E-state index contributed by atoms with van der Waals surface area (Å²) in [4.78, 5) is 4.53. The smallest absolute Gasteiger partial charge is 0.129 e. The van der Waals surface area contributed by atoms with Crippen LogP contribution in [0.25, 0.3) is 0 Å². The maximum absolute atomic E-state index is 14.5. The zero-order valence-corrected chi connectivity index (χ0v) is 18.9. The van der Waals surface area contributed by atoms with Crippen LogP contribution in [0.5, 0.6) is 0 Å². The first-order valence-electron chi connectivity index (χ1n) is 9.85. The highest BCUT2D eigenvalue weighted by molar-refractivity contribution is 6.36. The van der Waals surface area contributed by atoms with Crippen molar-refractivity contribution in [3.05, 3.63) is 104 Å². The predicted molar refractivity (Wildman–Crippen MR) is 123 cm³/mol. The van der Waals surface area contributed by atoms with E-state index in [1.54, 1.807) is 12.1 Å². The third kappa shape index (κ3) is 4.37. The Bertz CT molecular complexity index is 1020. The van der Waals surface area contributed by atoms with E-state index in [1.807, 2.05) is 30.3 Å². The van der Waals surface area contributed by atoms with Crippen LogP contribution >= 0.6 is 34.8 Å². The molecule has 0 amide bonds. The Kier molecular flexibility index (Phi) is 6.66. The fraction of sp³-hybridized carbons (Fsp3) is 0.250. The number of nitrogens with zero attached hydrogens (tertiary/aromatic N) is 2. The standard InChI is InChI=1S/C24H22Cl3FN2/c1-16-6-2-3-7-17(16)14-29-12-13-30(15-18-19(25)8-5-11-22(18)28)24(29)23-20(26)9-4-10-21(23)27/h2-11,24H,12-15H2,1H3. The number of hydrogen-bond acceptors (Lipinski definition) is 2. The van der Waals surface area contributed by atoms with Gasteiger partial charge in [-0.1, -0.05) is 71.2 Å². The molecule has 0 saturated carbocycles. The van der Waals surface area contributed by atoms with Gasteiger partial charge in [0.05, 0.1) is 6.17 Å². The molecule has 1 aliphatic rings. The van der Waals surface area contributed by atoms with E-state index >= 15 is 0 Å². The topological polar surface area (TPSA) is 6.48 Å². The van der Waals surface area contributed by atoms with Crippen LogP contribution < -0.4 is 0 Å². The number of benzene rings is 3. The second-order valence-electron chi connectivity index (χ2n) is 7.58. The average molecular weight is 464 g/mol. The fourth-order valence-electron chi connectivity index (χ4n) is 4.08. The van der Waals surface area contributed by atoms with E-state index in [9.17, 15) is 4.39 Å². The van der Waals surface area contributed by atoms with Gasteiger partial charge in [-0.15, -0.1) is 0 Å². The minimum absolute atomic E-state index is 0.179. The Labute approximate surface area is 191 Å². The molecule has 156 valence electrons. The molecule has 1 atom stereocenters. The van der Waals surface area contributed by atoms with Crippen LogP contribution in [0.1, 0.15) is 28.4 Å². The van der Waals surface area contributed by atoms with Gasteiger partial charge in [-0.3, -0.25) is 9.80 Å². The summed E-state index contributed by atoms with van der Waals surface area (Å²) in [7, 11) is 0. The highest BCUT2D eigenvalue weighted by atomic mass is 35.5. The molecular formula is C24H22Cl3FN2. The summed E-state index contributed by atoms with van der Waals surface area (Å²) in [6, 6.07) is 18.7. The van der Waals surface area contributed by atoms with Crippen molar-refractivity contribution < 1.29 is 4.39 Å². The zero-order valence-electron chi connectivity index (χ0n) is 16.6. The van der Waals surface area contributed by atoms with Gasteiger partial charge < -0.3 is 0 Å². The molecule has 1 saturated heterocycles. The summed E-state index contributed by atoms with van der Waals surface area (Å²) in [6.45, 7) is 4.80. The van der Waals surface area contributed by atoms with Gasteiger partial charge in [0.25, 0.3) is 0 Å². The fourth-order valence-corrected chi connectivity index (χ4v) is 4.89. The van der Waals surface area contributed by atoms with Crippen molar-refractivity contribution in [2.45, 2.75) is 26.2 Å². The molecule has 2 nitrogen and oxygen atoms in total. The number of halogens is 4. The van der Waals surface area contributed by atoms with Crippen LogP contribution in [0.2, 0.25) is 15.1 Å². The largest absolute Gasteiger partial charge is 0.278 e. The van der Waals surface area contributed by atoms with Gasteiger partial charge in [-0.25, -0.2) is 4.39 Å². The van der Waals surface area contributed by atoms with Crippen molar-refractivity contribution in [3.63, 3.8) is 0 Å². The third-order valence-corrected chi connectivity index (χ3v) is 6.69. The molecule has 0 spiro atoms. The maximum Gasteiger partial charge on any atom is 0.129 e. The number of hydrogen-bond donors (Lipinski definition) is 0. The van der Waals surface area contributed by atoms with E-state index in [1.165, 1.54) is 17.2 Å². The van der Waals surface area contributed by atoms with Crippen molar-refractivity contribution in [1.29, 1.82) is 0 Å². The van der Waals surface area contributed by atoms with Crippen molar-refractivity contribution in [2.75, 3.05) is 13.1 Å². The monoisotopic (exact) mass is 462 g/mol. The first kappa shape index (κ1) is 21.6. The zero-order chi connectivity index (χ0) is 21.3. The van der Waals surface area contributed by atoms with Gasteiger partial charge in [-0.05, 0) is 42.3 Å². The second-order valence-corrected chi connectivity index (χ2v) is 8.80. The van der Waals surface area contributed by atoms with Crippen LogP contribution in [-0.4, -0.2) is 22.9 Å². The molecule has 3 aromatic rings. The number of aryl methyl sites for hydroxylation is 1. The molecule has 1 heterocycles. The minimum atomic E-state index is -0.302. The van der Waals surface area contributed by atoms with Gasteiger partial charge >= 0.3 is 0 Å². The first-order valence-corrected chi connectivity index (χ1v) is 11.0. The summed E-state index contributed by atoms with van der Waals surface area (Å²) in [6.07, 6.45) is -0.179. The van der Waals surface area contributed by atoms with Crippen molar-refractivity contribution in [1.82, 2.24) is 9.80 Å². The van der Waals surface area contributed by atoms with E-state index in [4.69, 9.17) is 34.8 Å². The lowest BCUT2D eigenvalue weighted by Crippen LogP contribution is -2.31. The van der Waals surface area contributed by atoms with Crippen LogP contribution in [-0.2, 0) is 13.1 Å². The third-order valence-electron chi connectivity index (χ3n) is 5.68. The Morgan fingerprint density at radius 2 is 1.40 bits per heavy atom. The Hall–Kier alpha value is -1.62. The molecule has 1 fully saturated rings. The molecule has 0 aromatic heterocycles. The van der Waals surface area contributed by atoms with Crippen LogP contribution in [0.15, 0.2) is 60.7 Å². The quantitative estimate of drug-likeness (QED) is 0.398. The normalized spacial score (nSPS) is 17.6. The lowest BCUT2D eigenvalue weighted by molar-refractivity contribution is 0.125. The van der Waals surface area contributed by atoms with Crippen LogP contribution in [0.3, 0.4) is 0 Å². The molecular weight excluding hydrogens is 442 g/mol. The number of rotatable bonds is 5. The summed E-state index contributed by atoms with van der Waals surface area (Å²) >= 11 is 19.5. The van der Waals surface area contributed by atoms with E-state index in [-0.39, 0.29) is 12.0 Å². The predicted octanol–water partition coefficient (Wildman–Crippen LogP) is 7.11. The molecule has 0 bridgehead atoms. The molecule has 3 aromatic carbocycles. The maximum atomic E-state index is 14.5. The Morgan fingerprint density at radius 1 is 0.800 bits per heavy atom. The van der Waals surface area contributed by atoms with Gasteiger partial charge in [0.15, 0.2) is 0 Å². The van der Waals surface area contributed by atoms with Gasteiger partial charge in [-0.2, -0.15) is 0 Å². The summed E-state index contributed by atoms with van der Waals surface area (Å²) in [5.41, 5.74) is 3.82. The summed E-state index contributed by atoms with van der Waals surface area (Å²) in [5.74, 6) is -0.302. The van der Waals surface area contributed by atoms with Crippen molar-refractivity contribution in [3.8, 4) is 0 Å². The van der Waals surface area contributed by atoms with Gasteiger partial charge in [0, 0.05) is 52.4 Å². The molecule has 0 aliphatic carbocycles. The molecule has 6 heteroatoms.